The van der Waals surface area contributed by atoms with Gasteiger partial charge in [-0.1, -0.05) is 18.2 Å². The molecule has 2 heterocycles. The molecule has 7 nitrogen and oxygen atoms in total. The van der Waals surface area contributed by atoms with Crippen molar-refractivity contribution in [3.63, 3.8) is 0 Å². The van der Waals surface area contributed by atoms with Gasteiger partial charge in [0.25, 0.3) is 5.91 Å². The van der Waals surface area contributed by atoms with Gasteiger partial charge in [-0.2, -0.15) is 5.10 Å². The van der Waals surface area contributed by atoms with Gasteiger partial charge in [-0.3, -0.25) is 9.69 Å². The second kappa shape index (κ2) is 10.2. The summed E-state index contributed by atoms with van der Waals surface area (Å²) in [4.78, 5) is 15.1. The Morgan fingerprint density at radius 1 is 1.06 bits per heavy atom. The van der Waals surface area contributed by atoms with Crippen molar-refractivity contribution >= 4 is 35.1 Å². The molecule has 33 heavy (non-hydrogen) atoms. The molecule has 0 unspecified atom stereocenters. The van der Waals surface area contributed by atoms with Gasteiger partial charge in [0.1, 0.15) is 11.6 Å². The second-order valence-corrected chi connectivity index (χ2v) is 7.88. The highest BCUT2D eigenvalue weighted by Gasteiger charge is 2.34. The van der Waals surface area contributed by atoms with Gasteiger partial charge in [0.05, 0.1) is 38.1 Å². The lowest BCUT2D eigenvalue weighted by Crippen LogP contribution is -2.28. The molecule has 1 amide bonds. The van der Waals surface area contributed by atoms with Crippen LogP contribution in [0.3, 0.4) is 0 Å². The number of halogens is 1. The molecule has 1 aliphatic heterocycles. The average Bonchev–Trinajstić information content (AvgIpc) is 3.44. The van der Waals surface area contributed by atoms with E-state index in [0.717, 1.165) is 5.56 Å². The van der Waals surface area contributed by atoms with Gasteiger partial charge in [-0.15, -0.1) is 5.10 Å². The SMILES string of the molecule is COc1ccc(/C=C2\S/C(=N/N=C\c3ccc(F)cc3)N(Cc3ccco3)C2=O)cc1OC. The summed E-state index contributed by atoms with van der Waals surface area (Å²) < 4.78 is 29.1. The van der Waals surface area contributed by atoms with Gasteiger partial charge in [0.15, 0.2) is 16.7 Å². The van der Waals surface area contributed by atoms with E-state index in [-0.39, 0.29) is 18.3 Å². The number of ether oxygens (including phenoxy) is 2. The Labute approximate surface area is 194 Å². The molecule has 0 atom stereocenters. The third kappa shape index (κ3) is 5.32. The molecule has 0 radical (unpaired) electrons. The Morgan fingerprint density at radius 2 is 1.82 bits per heavy atom. The van der Waals surface area contributed by atoms with Crippen LogP contribution in [0.2, 0.25) is 0 Å². The lowest BCUT2D eigenvalue weighted by atomic mass is 10.2. The van der Waals surface area contributed by atoms with Gasteiger partial charge in [0.2, 0.25) is 0 Å². The molecule has 1 aliphatic rings. The fraction of sp³-hybridized carbons (Fsp3) is 0.125. The highest BCUT2D eigenvalue weighted by molar-refractivity contribution is 8.18. The fourth-order valence-electron chi connectivity index (χ4n) is 3.07. The van der Waals surface area contributed by atoms with E-state index in [2.05, 4.69) is 10.2 Å². The minimum Gasteiger partial charge on any atom is -0.493 e. The molecule has 168 valence electrons. The third-order valence-electron chi connectivity index (χ3n) is 4.71. The number of amides is 1. The Hall–Kier alpha value is -3.85. The van der Waals surface area contributed by atoms with Gasteiger partial charge in [0, 0.05) is 0 Å². The van der Waals surface area contributed by atoms with E-state index in [1.807, 2.05) is 6.07 Å². The van der Waals surface area contributed by atoms with Crippen LogP contribution >= 0.6 is 11.8 Å². The Morgan fingerprint density at radius 3 is 2.52 bits per heavy atom. The van der Waals surface area contributed by atoms with Crippen molar-refractivity contribution in [3.05, 3.63) is 88.5 Å². The van der Waals surface area contributed by atoms with Crippen LogP contribution in [0.4, 0.5) is 4.39 Å². The van der Waals surface area contributed by atoms with Crippen LogP contribution in [0.25, 0.3) is 6.08 Å². The first-order chi connectivity index (χ1) is 16.1. The van der Waals surface area contributed by atoms with Gasteiger partial charge in [-0.25, -0.2) is 4.39 Å². The van der Waals surface area contributed by atoms with E-state index >= 15 is 0 Å². The van der Waals surface area contributed by atoms with E-state index in [0.29, 0.717) is 32.9 Å². The maximum atomic E-state index is 13.2. The first-order valence-corrected chi connectivity index (χ1v) is 10.7. The molecule has 9 heteroatoms. The van der Waals surface area contributed by atoms with Crippen LogP contribution in [0.5, 0.6) is 11.5 Å². The highest BCUT2D eigenvalue weighted by Crippen LogP contribution is 2.35. The van der Waals surface area contributed by atoms with Crippen molar-refractivity contribution in [2.75, 3.05) is 14.2 Å². The fourth-order valence-corrected chi connectivity index (χ4v) is 4.00. The largest absolute Gasteiger partial charge is 0.493 e. The Balaban J connectivity index is 1.62. The molecule has 2 aromatic carbocycles. The second-order valence-electron chi connectivity index (χ2n) is 6.87. The maximum absolute atomic E-state index is 13.2. The quantitative estimate of drug-likeness (QED) is 0.281. The van der Waals surface area contributed by atoms with Crippen LogP contribution in [0, 0.1) is 5.82 Å². The summed E-state index contributed by atoms with van der Waals surface area (Å²) in [6, 6.07) is 14.8. The number of amidine groups is 1. The molecular formula is C24H20FN3O4S. The van der Waals surface area contributed by atoms with Crippen molar-refractivity contribution in [3.8, 4) is 11.5 Å². The monoisotopic (exact) mass is 465 g/mol. The van der Waals surface area contributed by atoms with Crippen molar-refractivity contribution < 1.29 is 23.1 Å². The molecule has 0 bridgehead atoms. The highest BCUT2D eigenvalue weighted by atomic mass is 32.2. The minimum absolute atomic E-state index is 0.215. The number of furan rings is 1. The number of carbonyl (C=O) groups excluding carboxylic acids is 1. The van der Waals surface area contributed by atoms with Gasteiger partial charge in [-0.05, 0) is 65.4 Å². The van der Waals surface area contributed by atoms with E-state index in [4.69, 9.17) is 13.9 Å². The molecule has 1 fully saturated rings. The number of thioether (sulfide) groups is 1. The predicted molar refractivity (Wildman–Crippen MR) is 126 cm³/mol. The van der Waals surface area contributed by atoms with Crippen LogP contribution < -0.4 is 9.47 Å². The van der Waals surface area contributed by atoms with Crippen LogP contribution in [-0.4, -0.2) is 36.4 Å². The summed E-state index contributed by atoms with van der Waals surface area (Å²) in [7, 11) is 3.12. The number of hydrogen-bond donors (Lipinski definition) is 0. The zero-order chi connectivity index (χ0) is 23.2. The molecule has 0 aliphatic carbocycles. The van der Waals surface area contributed by atoms with Crippen LogP contribution in [0.15, 0.2) is 80.4 Å². The van der Waals surface area contributed by atoms with E-state index in [1.165, 1.54) is 35.0 Å². The smallest absolute Gasteiger partial charge is 0.267 e. The summed E-state index contributed by atoms with van der Waals surface area (Å²) in [6.45, 7) is 0.215. The first-order valence-electron chi connectivity index (χ1n) is 9.90. The number of hydrogen-bond acceptors (Lipinski definition) is 7. The molecule has 0 saturated carbocycles. The van der Waals surface area contributed by atoms with Crippen LogP contribution in [-0.2, 0) is 11.3 Å². The summed E-state index contributed by atoms with van der Waals surface area (Å²) in [5.41, 5.74) is 1.46. The summed E-state index contributed by atoms with van der Waals surface area (Å²) in [5, 5.41) is 8.73. The lowest BCUT2D eigenvalue weighted by Gasteiger charge is -2.12. The third-order valence-corrected chi connectivity index (χ3v) is 5.70. The van der Waals surface area contributed by atoms with Crippen LogP contribution in [0.1, 0.15) is 16.9 Å². The van der Waals surface area contributed by atoms with E-state index in [9.17, 15) is 9.18 Å². The number of carbonyl (C=O) groups is 1. The summed E-state index contributed by atoms with van der Waals surface area (Å²) in [6.07, 6.45) is 4.81. The van der Waals surface area contributed by atoms with Gasteiger partial charge < -0.3 is 13.9 Å². The topological polar surface area (TPSA) is 76.6 Å². The zero-order valence-electron chi connectivity index (χ0n) is 17.9. The normalized spacial score (nSPS) is 16.3. The number of benzene rings is 2. The van der Waals surface area contributed by atoms with E-state index in [1.54, 1.807) is 63.0 Å². The lowest BCUT2D eigenvalue weighted by molar-refractivity contribution is -0.122. The Bertz CT molecular complexity index is 1220. The molecule has 3 aromatic rings. The maximum Gasteiger partial charge on any atom is 0.267 e. The molecule has 0 spiro atoms. The molecular weight excluding hydrogens is 445 g/mol. The van der Waals surface area contributed by atoms with Crippen molar-refractivity contribution in [1.82, 2.24) is 4.90 Å². The number of rotatable bonds is 7. The minimum atomic E-state index is -0.329. The molecule has 0 N–H and O–H groups in total. The predicted octanol–water partition coefficient (Wildman–Crippen LogP) is 4.94. The molecule has 1 saturated heterocycles. The average molecular weight is 466 g/mol. The Kier molecular flexibility index (Phi) is 6.89. The summed E-state index contributed by atoms with van der Waals surface area (Å²) >= 11 is 1.20. The number of nitrogens with zero attached hydrogens (tertiary/aromatic N) is 3. The zero-order valence-corrected chi connectivity index (χ0v) is 18.7. The van der Waals surface area contributed by atoms with Crippen molar-refractivity contribution in [2.24, 2.45) is 10.2 Å². The van der Waals surface area contributed by atoms with Crippen molar-refractivity contribution in [2.45, 2.75) is 6.54 Å². The van der Waals surface area contributed by atoms with Gasteiger partial charge >= 0.3 is 0 Å². The number of methoxy groups -OCH3 is 2. The van der Waals surface area contributed by atoms with Crippen molar-refractivity contribution in [1.29, 1.82) is 0 Å². The standard InChI is InChI=1S/C24H20FN3O4S/c1-30-20-10-7-17(12-21(20)31-2)13-22-23(29)28(15-19-4-3-11-32-19)24(33-22)27-26-14-16-5-8-18(25)9-6-16/h3-14H,15H2,1-2H3/b22-13-,26-14-,27-24+. The first kappa shape index (κ1) is 22.3. The summed E-state index contributed by atoms with van der Waals surface area (Å²) in [5.74, 6) is 1.23. The molecule has 1 aromatic heterocycles. The molecule has 4 rings (SSSR count). The van der Waals surface area contributed by atoms with E-state index < -0.39 is 0 Å².